The maximum absolute atomic E-state index is 3.75. The molecule has 0 spiro atoms. The Morgan fingerprint density at radius 3 is 1.80 bits per heavy atom. The van der Waals surface area contributed by atoms with Crippen LogP contribution >= 0.6 is 11.3 Å². The maximum atomic E-state index is 3.75. The van der Waals surface area contributed by atoms with Crippen LogP contribution in [0.4, 0.5) is 0 Å². The van der Waals surface area contributed by atoms with E-state index in [1.165, 1.54) is 11.3 Å². The van der Waals surface area contributed by atoms with Crippen molar-refractivity contribution in [2.75, 3.05) is 0 Å². The van der Waals surface area contributed by atoms with E-state index in [-0.39, 0.29) is 84.3 Å². The van der Waals surface area contributed by atoms with E-state index in [2.05, 4.69) is 15.9 Å². The maximum Gasteiger partial charge on any atom is 0 e. The van der Waals surface area contributed by atoms with Crippen LogP contribution in [0.1, 0.15) is 5.69 Å². The van der Waals surface area contributed by atoms with Crippen molar-refractivity contribution in [2.24, 2.45) is 0 Å². The summed E-state index contributed by atoms with van der Waals surface area (Å²) in [6.07, 6.45) is 0. The monoisotopic (exact) mass is 833 g/mol. The third kappa shape index (κ3) is 10.4. The zero-order chi connectivity index (χ0) is 4.41. The molecule has 0 unspecified atom stereocenters. The molecule has 0 aliphatic rings. The molecule has 0 saturated carbocycles. The van der Waals surface area contributed by atoms with Crippen LogP contribution in [0.2, 0.25) is 0 Å². The van der Waals surface area contributed by atoms with Gasteiger partial charge in [0, 0.05) is 84.3 Å². The molecule has 10 heavy (non-hydrogen) atoms. The molecule has 1 heterocycles. The van der Waals surface area contributed by atoms with Crippen molar-refractivity contribution in [2.45, 2.75) is 6.92 Å². The normalized spacial score (nSPS) is 5.30. The summed E-state index contributed by atoms with van der Waals surface area (Å²) in [7, 11) is 0. The van der Waals surface area contributed by atoms with Crippen molar-refractivity contribution in [1.82, 2.24) is 4.98 Å². The fourth-order valence-electron chi connectivity index (χ4n) is 0.211. The number of hydrogen-bond donors (Lipinski definition) is 0. The Morgan fingerprint density at radius 1 is 1.20 bits per heavy atom. The van der Waals surface area contributed by atoms with Gasteiger partial charge in [-0.3, -0.25) is 0 Å². The van der Waals surface area contributed by atoms with Gasteiger partial charge in [0.25, 0.3) is 0 Å². The van der Waals surface area contributed by atoms with Crippen LogP contribution in [0, 0.1) is 17.8 Å². The molecule has 56 valence electrons. The Morgan fingerprint density at radius 2 is 1.70 bits per heavy atom. The predicted octanol–water partition coefficient (Wildman–Crippen LogP) is 1.04. The molecule has 0 amide bonds. The van der Waals surface area contributed by atoms with E-state index in [1.54, 1.807) is 0 Å². The summed E-state index contributed by atoms with van der Waals surface area (Å²) in [6.45, 7) is 1.90. The summed E-state index contributed by atoms with van der Waals surface area (Å²) in [5, 5.41) is 2.88. The third-order valence-corrected chi connectivity index (χ3v) is 1.04. The van der Waals surface area contributed by atoms with Crippen LogP contribution in [-0.4, -0.2) is 4.98 Å². The van der Waals surface area contributed by atoms with Crippen molar-refractivity contribution in [3.8, 4) is 0 Å². The summed E-state index contributed by atoms with van der Waals surface area (Å²) in [4.78, 5) is 3.75. The number of nitrogens with zero attached hydrogens (tertiary/aromatic N) is 1. The van der Waals surface area contributed by atoms with E-state index >= 15 is 0 Å². The molecule has 1 nitrogen and oxygen atoms in total. The molecule has 0 aliphatic carbocycles. The average Bonchev–Trinajstić information content (AvgIpc) is 1.86. The quantitative estimate of drug-likeness (QED) is 0.357. The molecule has 0 saturated heterocycles. The van der Waals surface area contributed by atoms with Crippen LogP contribution in [0.15, 0.2) is 0 Å². The second kappa shape index (κ2) is 13.9. The minimum atomic E-state index is 0. The predicted molar refractivity (Wildman–Crippen MR) is 24.5 cm³/mol. The van der Waals surface area contributed by atoms with Gasteiger partial charge in [0.05, 0.1) is 0 Å². The number of aryl methyl sites for hydroxylation is 1. The summed E-state index contributed by atoms with van der Waals surface area (Å²) in [6, 6.07) is 0. The molecule has 0 aromatic carbocycles. The molecular weight excluding hydrogens is 829 g/mol. The Kier molecular flexibility index (Phi) is 31.8. The summed E-state index contributed by atoms with van der Waals surface area (Å²) < 4.78 is 0. The molecule has 0 N–H and O–H groups in total. The van der Waals surface area contributed by atoms with Gasteiger partial charge in [-0.2, -0.15) is 5.69 Å². The van der Waals surface area contributed by atoms with Gasteiger partial charge in [0.15, 0.2) is 0 Å². The SMILES string of the molecule is Cc1[c-]s[c-]n1.[W].[W].[W].[W]. The van der Waals surface area contributed by atoms with Gasteiger partial charge >= 0.3 is 0 Å². The Bertz CT molecular complexity index is 121. The molecule has 1 aromatic heterocycles. The Labute approximate surface area is 122 Å². The van der Waals surface area contributed by atoms with Gasteiger partial charge in [0.1, 0.15) is 0 Å². The fourth-order valence-corrected chi connectivity index (χ4v) is 0.632. The smallest absolute Gasteiger partial charge is 0 e. The first kappa shape index (κ1) is 22.8. The standard InChI is InChI=1S/C4H3NS.4W/c1-4-2-6-3-5-4;;;;/h1H3;;;;/q-2;;;;. The van der Waals surface area contributed by atoms with E-state index in [4.69, 9.17) is 0 Å². The molecule has 0 bridgehead atoms. The molecule has 1 aromatic rings. The minimum Gasteiger partial charge on any atom is -0.573 e. The molecule has 6 heteroatoms. The first-order valence-electron chi connectivity index (χ1n) is 1.61. The van der Waals surface area contributed by atoms with Crippen molar-refractivity contribution in [1.29, 1.82) is 0 Å². The second-order valence-corrected chi connectivity index (χ2v) is 1.58. The molecule has 0 fully saturated rings. The summed E-state index contributed by atoms with van der Waals surface area (Å²) in [5.74, 6) is 0. The number of aromatic nitrogens is 1. The largest absolute Gasteiger partial charge is 0.573 e. The van der Waals surface area contributed by atoms with Crippen LogP contribution in [0.3, 0.4) is 0 Å². The fraction of sp³-hybridized carbons (Fsp3) is 0.250. The molecule has 1 rings (SSSR count). The Hall–Kier alpha value is 2.38. The molecular formula is C4H3NSW4-2. The van der Waals surface area contributed by atoms with Crippen molar-refractivity contribution in [3.63, 3.8) is 0 Å². The van der Waals surface area contributed by atoms with E-state index < -0.39 is 0 Å². The van der Waals surface area contributed by atoms with Crippen LogP contribution in [0.5, 0.6) is 0 Å². The molecule has 0 atom stereocenters. The van der Waals surface area contributed by atoms with Gasteiger partial charge in [0.2, 0.25) is 0 Å². The first-order valence-corrected chi connectivity index (χ1v) is 2.42. The van der Waals surface area contributed by atoms with Crippen molar-refractivity contribution < 1.29 is 84.3 Å². The zero-order valence-electron chi connectivity index (χ0n) is 4.99. The topological polar surface area (TPSA) is 12.9 Å². The Balaban J connectivity index is -0.0000000450. The van der Waals surface area contributed by atoms with Gasteiger partial charge in [-0.1, -0.05) is 6.92 Å². The first-order chi connectivity index (χ1) is 2.89. The summed E-state index contributed by atoms with van der Waals surface area (Å²) >= 11 is 1.38. The van der Waals surface area contributed by atoms with E-state index in [0.717, 1.165) is 5.69 Å². The van der Waals surface area contributed by atoms with Crippen molar-refractivity contribution in [3.05, 3.63) is 16.6 Å². The number of rotatable bonds is 0. The van der Waals surface area contributed by atoms with Gasteiger partial charge in [-0.05, 0) is 0 Å². The zero-order valence-corrected chi connectivity index (χ0v) is 17.5. The minimum absolute atomic E-state index is 0. The van der Waals surface area contributed by atoms with Gasteiger partial charge < -0.3 is 27.2 Å². The average molecular weight is 833 g/mol. The number of hydrogen-bond acceptors (Lipinski definition) is 2. The van der Waals surface area contributed by atoms with Crippen LogP contribution in [-0.2, 0) is 84.3 Å². The number of thiazole rings is 1. The van der Waals surface area contributed by atoms with E-state index in [9.17, 15) is 0 Å². The van der Waals surface area contributed by atoms with E-state index in [0.29, 0.717) is 0 Å². The van der Waals surface area contributed by atoms with Crippen LogP contribution in [0.25, 0.3) is 0 Å². The molecule has 0 aliphatic heterocycles. The summed E-state index contributed by atoms with van der Waals surface area (Å²) in [5.41, 5.74) is 3.60. The van der Waals surface area contributed by atoms with E-state index in [1.807, 2.05) is 6.92 Å². The van der Waals surface area contributed by atoms with Gasteiger partial charge in [-0.15, -0.1) is 0 Å². The second-order valence-electron chi connectivity index (χ2n) is 0.993. The van der Waals surface area contributed by atoms with Gasteiger partial charge in [-0.25, -0.2) is 0 Å². The van der Waals surface area contributed by atoms with Crippen molar-refractivity contribution >= 4 is 11.3 Å². The van der Waals surface area contributed by atoms with Crippen LogP contribution < -0.4 is 0 Å². The molecule has 0 radical (unpaired) electrons. The third-order valence-electron chi connectivity index (χ3n) is 0.458.